The minimum atomic E-state index is -0.137. The number of hydrogen-bond donors (Lipinski definition) is 0. The maximum Gasteiger partial charge on any atom is 0.329 e. The molecule has 0 radical (unpaired) electrons. The molecule has 1 aromatic carbocycles. The van der Waals surface area contributed by atoms with Crippen LogP contribution in [0.2, 0.25) is 5.02 Å². The summed E-state index contributed by atoms with van der Waals surface area (Å²) in [6.07, 6.45) is 4.66. The van der Waals surface area contributed by atoms with Crippen molar-refractivity contribution in [2.75, 3.05) is 7.05 Å². The molecule has 0 saturated heterocycles. The van der Waals surface area contributed by atoms with Gasteiger partial charge in [0.25, 0.3) is 0 Å². The van der Waals surface area contributed by atoms with E-state index in [1.54, 1.807) is 24.3 Å². The summed E-state index contributed by atoms with van der Waals surface area (Å²) in [4.78, 5) is 17.4. The van der Waals surface area contributed by atoms with Gasteiger partial charge in [0, 0.05) is 31.0 Å². The van der Waals surface area contributed by atoms with Crippen LogP contribution < -0.4 is 0 Å². The number of carbonyl (C=O) groups excluding carboxylic acids is 1. The zero-order valence-electron chi connectivity index (χ0n) is 9.38. The average molecular weight is 250 g/mol. The number of benzene rings is 1. The third kappa shape index (κ3) is 2.65. The highest BCUT2D eigenvalue weighted by Crippen LogP contribution is 2.16. The maximum atomic E-state index is 11.9. The Bertz CT molecular complexity index is 510. The van der Waals surface area contributed by atoms with Crippen LogP contribution >= 0.6 is 11.6 Å². The highest BCUT2D eigenvalue weighted by molar-refractivity contribution is 6.31. The van der Waals surface area contributed by atoms with E-state index in [1.807, 2.05) is 24.3 Å². The van der Waals surface area contributed by atoms with Gasteiger partial charge in [0.15, 0.2) is 0 Å². The number of imidazole rings is 1. The molecular weight excluding hydrogens is 238 g/mol. The van der Waals surface area contributed by atoms with E-state index in [1.165, 1.54) is 10.9 Å². The predicted octanol–water partition coefficient (Wildman–Crippen LogP) is 2.64. The number of carbonyl (C=O) groups is 1. The van der Waals surface area contributed by atoms with E-state index in [4.69, 9.17) is 11.6 Å². The molecular formula is C12H12ClN3O. The Morgan fingerprint density at radius 2 is 2.24 bits per heavy atom. The third-order valence-electron chi connectivity index (χ3n) is 2.42. The van der Waals surface area contributed by atoms with E-state index in [2.05, 4.69) is 4.98 Å². The molecule has 2 aromatic rings. The summed E-state index contributed by atoms with van der Waals surface area (Å²) >= 11 is 6.04. The summed E-state index contributed by atoms with van der Waals surface area (Å²) in [5.74, 6) is 0. The van der Waals surface area contributed by atoms with Gasteiger partial charge in [-0.3, -0.25) is 4.57 Å². The number of nitrogens with zero attached hydrogens (tertiary/aromatic N) is 3. The fourth-order valence-corrected chi connectivity index (χ4v) is 1.71. The van der Waals surface area contributed by atoms with Crippen molar-refractivity contribution in [3.8, 4) is 0 Å². The lowest BCUT2D eigenvalue weighted by Crippen LogP contribution is -2.29. The predicted molar refractivity (Wildman–Crippen MR) is 65.9 cm³/mol. The smallest absolute Gasteiger partial charge is 0.323 e. The van der Waals surface area contributed by atoms with Crippen molar-refractivity contribution in [1.82, 2.24) is 14.5 Å². The summed E-state index contributed by atoms with van der Waals surface area (Å²) < 4.78 is 1.43. The van der Waals surface area contributed by atoms with Crippen molar-refractivity contribution in [2.24, 2.45) is 0 Å². The van der Waals surface area contributed by atoms with E-state index < -0.39 is 0 Å². The zero-order chi connectivity index (χ0) is 12.3. The van der Waals surface area contributed by atoms with Gasteiger partial charge in [-0.2, -0.15) is 0 Å². The Hall–Kier alpha value is -1.81. The molecule has 0 fully saturated rings. The first-order valence-corrected chi connectivity index (χ1v) is 5.53. The standard InChI is InChI=1S/C12H12ClN3O/c1-15(12(17)16-7-6-14-9-16)8-10-4-2-3-5-11(10)13/h2-7,9H,8H2,1H3. The fourth-order valence-electron chi connectivity index (χ4n) is 1.52. The Morgan fingerprint density at radius 3 is 2.88 bits per heavy atom. The molecule has 1 heterocycles. The molecule has 0 aliphatic carbocycles. The number of rotatable bonds is 2. The third-order valence-corrected chi connectivity index (χ3v) is 2.79. The van der Waals surface area contributed by atoms with Crippen LogP contribution in [-0.4, -0.2) is 27.5 Å². The second-order valence-electron chi connectivity index (χ2n) is 3.70. The second-order valence-corrected chi connectivity index (χ2v) is 4.11. The van der Waals surface area contributed by atoms with Gasteiger partial charge in [-0.15, -0.1) is 0 Å². The summed E-state index contributed by atoms with van der Waals surface area (Å²) in [5.41, 5.74) is 0.921. The van der Waals surface area contributed by atoms with Gasteiger partial charge >= 0.3 is 6.03 Å². The highest BCUT2D eigenvalue weighted by Gasteiger charge is 2.11. The van der Waals surface area contributed by atoms with Crippen molar-refractivity contribution in [3.63, 3.8) is 0 Å². The van der Waals surface area contributed by atoms with Crippen molar-refractivity contribution >= 4 is 17.6 Å². The molecule has 2 rings (SSSR count). The molecule has 0 unspecified atom stereocenters. The molecule has 88 valence electrons. The van der Waals surface area contributed by atoms with Gasteiger partial charge in [-0.1, -0.05) is 29.8 Å². The molecule has 17 heavy (non-hydrogen) atoms. The normalized spacial score (nSPS) is 10.2. The minimum Gasteiger partial charge on any atom is -0.323 e. The first kappa shape index (κ1) is 11.7. The molecule has 0 aliphatic heterocycles. The highest BCUT2D eigenvalue weighted by atomic mass is 35.5. The fraction of sp³-hybridized carbons (Fsp3) is 0.167. The van der Waals surface area contributed by atoms with Crippen LogP contribution in [0.1, 0.15) is 5.56 Å². The van der Waals surface area contributed by atoms with Gasteiger partial charge in [-0.25, -0.2) is 9.78 Å². The van der Waals surface area contributed by atoms with E-state index in [9.17, 15) is 4.79 Å². The first-order valence-electron chi connectivity index (χ1n) is 5.15. The monoisotopic (exact) mass is 249 g/mol. The lowest BCUT2D eigenvalue weighted by Gasteiger charge is -2.17. The number of aromatic nitrogens is 2. The molecule has 1 amide bonds. The Balaban J connectivity index is 2.10. The molecule has 0 bridgehead atoms. The SMILES string of the molecule is CN(Cc1ccccc1Cl)C(=O)n1ccnc1. The van der Waals surface area contributed by atoms with E-state index in [-0.39, 0.29) is 6.03 Å². The largest absolute Gasteiger partial charge is 0.329 e. The topological polar surface area (TPSA) is 38.1 Å². The lowest BCUT2D eigenvalue weighted by molar-refractivity contribution is 0.208. The quantitative estimate of drug-likeness (QED) is 0.821. The van der Waals surface area contributed by atoms with Crippen LogP contribution in [0.4, 0.5) is 4.79 Å². The Labute approximate surface area is 104 Å². The molecule has 0 aliphatic rings. The van der Waals surface area contributed by atoms with Gasteiger partial charge in [0.05, 0.1) is 0 Å². The van der Waals surface area contributed by atoms with Gasteiger partial charge in [-0.05, 0) is 11.6 Å². The zero-order valence-corrected chi connectivity index (χ0v) is 10.1. The summed E-state index contributed by atoms with van der Waals surface area (Å²) in [6.45, 7) is 0.469. The number of hydrogen-bond acceptors (Lipinski definition) is 2. The maximum absolute atomic E-state index is 11.9. The Morgan fingerprint density at radius 1 is 1.47 bits per heavy atom. The van der Waals surface area contributed by atoms with Crippen molar-refractivity contribution < 1.29 is 4.79 Å². The molecule has 5 heteroatoms. The lowest BCUT2D eigenvalue weighted by atomic mass is 10.2. The summed E-state index contributed by atoms with van der Waals surface area (Å²) in [5, 5.41) is 0.665. The first-order chi connectivity index (χ1) is 8.18. The number of amides is 1. The average Bonchev–Trinajstić information content (AvgIpc) is 2.84. The summed E-state index contributed by atoms with van der Waals surface area (Å²) in [7, 11) is 1.73. The van der Waals surface area contributed by atoms with Gasteiger partial charge in [0.2, 0.25) is 0 Å². The van der Waals surface area contributed by atoms with Crippen LogP contribution in [0, 0.1) is 0 Å². The molecule has 0 atom stereocenters. The van der Waals surface area contributed by atoms with Crippen molar-refractivity contribution in [1.29, 1.82) is 0 Å². The second kappa shape index (κ2) is 5.01. The number of halogens is 1. The van der Waals surface area contributed by atoms with Gasteiger partial charge < -0.3 is 4.90 Å². The Kier molecular flexibility index (Phi) is 3.44. The van der Waals surface area contributed by atoms with Crippen molar-refractivity contribution in [3.05, 3.63) is 53.6 Å². The van der Waals surface area contributed by atoms with Gasteiger partial charge in [0.1, 0.15) is 6.33 Å². The molecule has 4 nitrogen and oxygen atoms in total. The summed E-state index contributed by atoms with van der Waals surface area (Å²) in [6, 6.07) is 7.34. The van der Waals surface area contributed by atoms with Crippen LogP contribution in [0.15, 0.2) is 43.0 Å². The molecule has 0 N–H and O–H groups in total. The van der Waals surface area contributed by atoms with Crippen LogP contribution in [0.3, 0.4) is 0 Å². The van der Waals surface area contributed by atoms with Crippen LogP contribution in [0.5, 0.6) is 0 Å². The van der Waals surface area contributed by atoms with E-state index >= 15 is 0 Å². The van der Waals surface area contributed by atoms with E-state index in [0.29, 0.717) is 11.6 Å². The van der Waals surface area contributed by atoms with Crippen molar-refractivity contribution in [2.45, 2.75) is 6.54 Å². The van der Waals surface area contributed by atoms with Crippen LogP contribution in [0.25, 0.3) is 0 Å². The van der Waals surface area contributed by atoms with Crippen LogP contribution in [-0.2, 0) is 6.54 Å². The molecule has 1 aromatic heterocycles. The van der Waals surface area contributed by atoms with E-state index in [0.717, 1.165) is 5.56 Å². The molecule has 0 spiro atoms. The minimum absolute atomic E-state index is 0.137. The molecule has 0 saturated carbocycles.